The average Bonchev–Trinajstić information content (AvgIpc) is 3.15. The Kier molecular flexibility index (Phi) is 6.12. The lowest BCUT2D eigenvalue weighted by Gasteiger charge is -2.37. The van der Waals surface area contributed by atoms with Gasteiger partial charge in [-0.25, -0.2) is 9.37 Å². The second kappa shape index (κ2) is 8.43. The van der Waals surface area contributed by atoms with E-state index in [1.165, 1.54) is 25.5 Å². The summed E-state index contributed by atoms with van der Waals surface area (Å²) < 4.78 is 14.9. The first-order chi connectivity index (χ1) is 14.2. The molecule has 1 aromatic heterocycles. The number of benzene rings is 1. The molecule has 0 bridgehead atoms. The summed E-state index contributed by atoms with van der Waals surface area (Å²) >= 11 is 6.01. The number of carbonyl (C=O) groups excluding carboxylic acids is 3. The van der Waals surface area contributed by atoms with Gasteiger partial charge in [0.05, 0.1) is 17.0 Å². The molecule has 8 nitrogen and oxygen atoms in total. The quantitative estimate of drug-likeness (QED) is 0.668. The zero-order chi connectivity index (χ0) is 22.1. The van der Waals surface area contributed by atoms with Gasteiger partial charge in [-0.1, -0.05) is 18.5 Å². The number of halogens is 2. The first kappa shape index (κ1) is 21.8. The summed E-state index contributed by atoms with van der Waals surface area (Å²) in [7, 11) is 1.47. The number of nitrogens with zero attached hydrogens (tertiary/aromatic N) is 2. The summed E-state index contributed by atoms with van der Waals surface area (Å²) in [5.41, 5.74) is 5.09. The number of aromatic nitrogens is 2. The van der Waals surface area contributed by atoms with Crippen LogP contribution in [0, 0.1) is 11.2 Å². The minimum atomic E-state index is -0.774. The van der Waals surface area contributed by atoms with E-state index in [0.717, 1.165) is 6.07 Å². The van der Waals surface area contributed by atoms with Crippen LogP contribution >= 0.6 is 11.6 Å². The van der Waals surface area contributed by atoms with Crippen LogP contribution in [-0.4, -0.2) is 34.3 Å². The third-order valence-electron chi connectivity index (χ3n) is 5.65. The fourth-order valence-corrected chi connectivity index (χ4v) is 3.98. The molecule has 1 fully saturated rings. The fourth-order valence-electron chi connectivity index (χ4n) is 3.77. The Morgan fingerprint density at radius 2 is 1.97 bits per heavy atom. The van der Waals surface area contributed by atoms with Crippen LogP contribution in [-0.2, 0) is 4.79 Å². The molecule has 160 valence electrons. The van der Waals surface area contributed by atoms with Crippen molar-refractivity contribution in [2.75, 3.05) is 12.4 Å². The minimum Gasteiger partial charge on any atom is -0.364 e. The van der Waals surface area contributed by atoms with Crippen molar-refractivity contribution < 1.29 is 18.8 Å². The van der Waals surface area contributed by atoms with Gasteiger partial charge in [-0.05, 0) is 43.9 Å². The molecule has 1 aliphatic carbocycles. The number of carbonyl (C=O) groups is 3. The third kappa shape index (κ3) is 4.16. The number of nitrogens with two attached hydrogens (primary N) is 1. The first-order valence-electron chi connectivity index (χ1n) is 9.51. The van der Waals surface area contributed by atoms with E-state index in [4.69, 9.17) is 17.3 Å². The Hall–Kier alpha value is -2.94. The number of imidazole rings is 1. The van der Waals surface area contributed by atoms with Gasteiger partial charge in [-0.3, -0.25) is 14.4 Å². The van der Waals surface area contributed by atoms with Crippen molar-refractivity contribution in [2.45, 2.75) is 38.6 Å². The van der Waals surface area contributed by atoms with Crippen LogP contribution in [0.25, 0.3) is 0 Å². The van der Waals surface area contributed by atoms with Crippen molar-refractivity contribution in [3.8, 4) is 0 Å². The van der Waals surface area contributed by atoms with E-state index < -0.39 is 23.0 Å². The van der Waals surface area contributed by atoms with Crippen LogP contribution in [0.1, 0.15) is 59.6 Å². The summed E-state index contributed by atoms with van der Waals surface area (Å²) in [5, 5.41) is 5.41. The largest absolute Gasteiger partial charge is 0.364 e. The van der Waals surface area contributed by atoms with Crippen LogP contribution in [0.15, 0.2) is 24.5 Å². The van der Waals surface area contributed by atoms with E-state index in [-0.39, 0.29) is 28.4 Å². The summed E-state index contributed by atoms with van der Waals surface area (Å²) in [6.45, 7) is 1.86. The van der Waals surface area contributed by atoms with E-state index in [2.05, 4.69) is 15.6 Å². The lowest BCUT2D eigenvalue weighted by Crippen LogP contribution is -2.38. The van der Waals surface area contributed by atoms with Gasteiger partial charge in [0.25, 0.3) is 11.8 Å². The molecule has 3 amide bonds. The summed E-state index contributed by atoms with van der Waals surface area (Å²) in [6.07, 6.45) is 3.72. The standard InChI is InChI=1S/C20H23ClFN5O3/c1-20(19(30)26-14-4-3-11(22)9-13(14)21)7-5-12(6-8-20)27-10-25-15(17(23)28)16(27)18(29)24-2/h3-4,9-10,12H,5-8H2,1-2H3,(H2,23,28)(H,24,29)(H,26,30). The van der Waals surface area contributed by atoms with Crippen LogP contribution in [0.4, 0.5) is 10.1 Å². The van der Waals surface area contributed by atoms with Gasteiger partial charge >= 0.3 is 0 Å². The van der Waals surface area contributed by atoms with Gasteiger partial charge in [-0.2, -0.15) is 0 Å². The lowest BCUT2D eigenvalue weighted by atomic mass is 9.73. The topological polar surface area (TPSA) is 119 Å². The molecule has 1 aromatic carbocycles. The van der Waals surface area contributed by atoms with E-state index in [1.54, 1.807) is 4.57 Å². The molecule has 0 aliphatic heterocycles. The maximum Gasteiger partial charge on any atom is 0.270 e. The highest BCUT2D eigenvalue weighted by atomic mass is 35.5. The van der Waals surface area contributed by atoms with Crippen molar-refractivity contribution in [3.05, 3.63) is 46.8 Å². The molecule has 1 saturated carbocycles. The van der Waals surface area contributed by atoms with Crippen LogP contribution in [0.2, 0.25) is 5.02 Å². The zero-order valence-electron chi connectivity index (χ0n) is 16.7. The van der Waals surface area contributed by atoms with Gasteiger partial charge in [0.1, 0.15) is 11.5 Å². The van der Waals surface area contributed by atoms with E-state index in [1.807, 2.05) is 6.92 Å². The smallest absolute Gasteiger partial charge is 0.270 e. The number of hydrogen-bond donors (Lipinski definition) is 3. The van der Waals surface area contributed by atoms with E-state index in [0.29, 0.717) is 31.4 Å². The van der Waals surface area contributed by atoms with Crippen molar-refractivity contribution >= 4 is 35.0 Å². The molecule has 3 rings (SSSR count). The predicted molar refractivity (Wildman–Crippen MR) is 110 cm³/mol. The van der Waals surface area contributed by atoms with Crippen LogP contribution in [0.5, 0.6) is 0 Å². The van der Waals surface area contributed by atoms with Gasteiger partial charge in [0.15, 0.2) is 5.69 Å². The number of hydrogen-bond acceptors (Lipinski definition) is 4. The highest BCUT2D eigenvalue weighted by Gasteiger charge is 2.39. The van der Waals surface area contributed by atoms with Crippen molar-refractivity contribution in [1.29, 1.82) is 0 Å². The van der Waals surface area contributed by atoms with Crippen molar-refractivity contribution in [2.24, 2.45) is 11.1 Å². The number of rotatable bonds is 5. The molecular formula is C20H23ClFN5O3. The second-order valence-corrected chi connectivity index (χ2v) is 8.07. The minimum absolute atomic E-state index is 0.0774. The fraction of sp³-hybridized carbons (Fsp3) is 0.400. The van der Waals surface area contributed by atoms with Gasteiger partial charge in [0, 0.05) is 18.5 Å². The van der Waals surface area contributed by atoms with Gasteiger partial charge in [0.2, 0.25) is 5.91 Å². The maximum absolute atomic E-state index is 13.2. The summed E-state index contributed by atoms with van der Waals surface area (Å²) in [4.78, 5) is 40.8. The monoisotopic (exact) mass is 435 g/mol. The van der Waals surface area contributed by atoms with Gasteiger partial charge in [-0.15, -0.1) is 0 Å². The molecule has 1 heterocycles. The molecule has 1 aliphatic rings. The predicted octanol–water partition coefficient (Wildman–Crippen LogP) is 2.89. The average molecular weight is 436 g/mol. The number of anilines is 1. The Morgan fingerprint density at radius 1 is 1.30 bits per heavy atom. The molecule has 0 spiro atoms. The third-order valence-corrected chi connectivity index (χ3v) is 5.96. The van der Waals surface area contributed by atoms with E-state index in [9.17, 15) is 18.8 Å². The molecular weight excluding hydrogens is 413 g/mol. The number of amides is 3. The Morgan fingerprint density at radius 3 is 2.53 bits per heavy atom. The molecule has 0 radical (unpaired) electrons. The zero-order valence-corrected chi connectivity index (χ0v) is 17.4. The Bertz CT molecular complexity index is 998. The van der Waals surface area contributed by atoms with Crippen LogP contribution in [0.3, 0.4) is 0 Å². The Balaban J connectivity index is 1.74. The molecule has 0 saturated heterocycles. The molecule has 4 N–H and O–H groups in total. The molecule has 10 heteroatoms. The number of primary amides is 1. The molecule has 0 unspecified atom stereocenters. The van der Waals surface area contributed by atoms with Crippen molar-refractivity contribution in [3.63, 3.8) is 0 Å². The summed E-state index contributed by atoms with van der Waals surface area (Å²) in [6, 6.07) is 3.70. The van der Waals surface area contributed by atoms with Gasteiger partial charge < -0.3 is 20.9 Å². The SMILES string of the molecule is CNC(=O)c1c(C(N)=O)ncn1C1CCC(C)(C(=O)Nc2ccc(F)cc2Cl)CC1. The van der Waals surface area contributed by atoms with E-state index >= 15 is 0 Å². The van der Waals surface area contributed by atoms with Crippen LogP contribution < -0.4 is 16.4 Å². The molecule has 0 atom stereocenters. The normalized spacial score (nSPS) is 21.1. The molecule has 2 aromatic rings. The summed E-state index contributed by atoms with van der Waals surface area (Å²) in [5.74, 6) is -1.90. The van der Waals surface area contributed by atoms with Crippen molar-refractivity contribution in [1.82, 2.24) is 14.9 Å². The second-order valence-electron chi connectivity index (χ2n) is 7.66. The Labute approximate surface area is 178 Å². The number of nitrogens with one attached hydrogen (secondary N) is 2. The molecule has 30 heavy (non-hydrogen) atoms. The lowest BCUT2D eigenvalue weighted by molar-refractivity contribution is -0.126. The first-order valence-corrected chi connectivity index (χ1v) is 9.89. The maximum atomic E-state index is 13.2. The highest BCUT2D eigenvalue weighted by Crippen LogP contribution is 2.42. The highest BCUT2D eigenvalue weighted by molar-refractivity contribution is 6.33.